The summed E-state index contributed by atoms with van der Waals surface area (Å²) < 4.78 is 17.0. The van der Waals surface area contributed by atoms with Crippen molar-refractivity contribution in [1.29, 1.82) is 0 Å². The van der Waals surface area contributed by atoms with Gasteiger partial charge in [-0.3, -0.25) is 9.20 Å². The van der Waals surface area contributed by atoms with Gasteiger partial charge in [-0.1, -0.05) is 6.07 Å². The van der Waals surface area contributed by atoms with Gasteiger partial charge >= 0.3 is 0 Å². The minimum absolute atomic E-state index is 0.192. The lowest BCUT2D eigenvalue weighted by molar-refractivity contribution is 0.0947. The Balaban J connectivity index is 1.35. The number of hydrogen-bond donors (Lipinski definition) is 1. The number of carbonyl (C=O) groups excluding carboxylic acids is 1. The van der Waals surface area contributed by atoms with E-state index in [4.69, 9.17) is 0 Å². The molecule has 1 aliphatic carbocycles. The zero-order valence-corrected chi connectivity index (χ0v) is 16.4. The van der Waals surface area contributed by atoms with E-state index >= 15 is 0 Å². The Morgan fingerprint density at radius 3 is 2.77 bits per heavy atom. The lowest BCUT2D eigenvalue weighted by Crippen LogP contribution is -2.27. The summed E-state index contributed by atoms with van der Waals surface area (Å²) in [5.41, 5.74) is 4.05. The molecule has 3 aromatic heterocycles. The highest BCUT2D eigenvalue weighted by Crippen LogP contribution is 2.27. The number of nitrogens with one attached hydrogen (secondary N) is 1. The molecular formula is C22H21FN6O. The molecule has 4 aromatic rings. The van der Waals surface area contributed by atoms with Crippen LogP contribution < -0.4 is 5.32 Å². The maximum atomic E-state index is 13.3. The standard InChI is InChI=1S/C22H21FN6O/c23-15-8-10-16(11-9-15)29-18-6-2-1-5-17(18)21(27-29)22(30)24-13-12-20-26-25-19-7-3-4-14-28(19)20/h3-4,7-11,14H,1-2,5-6,12-13H2,(H,24,30). The first-order chi connectivity index (χ1) is 14.7. The predicted octanol–water partition coefficient (Wildman–Crippen LogP) is 2.91. The minimum atomic E-state index is -0.293. The third-order valence-electron chi connectivity index (χ3n) is 5.48. The van der Waals surface area contributed by atoms with Crippen LogP contribution in [0.5, 0.6) is 0 Å². The van der Waals surface area contributed by atoms with Crippen molar-refractivity contribution in [2.75, 3.05) is 6.54 Å². The van der Waals surface area contributed by atoms with Crippen molar-refractivity contribution in [3.05, 3.63) is 77.3 Å². The molecule has 0 bridgehead atoms. The Bertz CT molecular complexity index is 1210. The van der Waals surface area contributed by atoms with Gasteiger partial charge in [-0.15, -0.1) is 10.2 Å². The number of aromatic nitrogens is 5. The molecule has 8 heteroatoms. The molecule has 7 nitrogen and oxygen atoms in total. The maximum absolute atomic E-state index is 13.3. The van der Waals surface area contributed by atoms with Gasteiger partial charge in [0.05, 0.1) is 5.69 Å². The van der Waals surface area contributed by atoms with Crippen molar-refractivity contribution in [1.82, 2.24) is 29.7 Å². The third kappa shape index (κ3) is 3.34. The predicted molar refractivity (Wildman–Crippen MR) is 109 cm³/mol. The van der Waals surface area contributed by atoms with Crippen molar-refractivity contribution < 1.29 is 9.18 Å². The first-order valence-corrected chi connectivity index (χ1v) is 10.1. The first-order valence-electron chi connectivity index (χ1n) is 10.1. The second-order valence-corrected chi connectivity index (χ2v) is 7.42. The zero-order valence-electron chi connectivity index (χ0n) is 16.4. The molecule has 5 rings (SSSR count). The third-order valence-corrected chi connectivity index (χ3v) is 5.48. The number of benzene rings is 1. The monoisotopic (exact) mass is 404 g/mol. The Kier molecular flexibility index (Phi) is 4.74. The molecule has 0 atom stereocenters. The second-order valence-electron chi connectivity index (χ2n) is 7.42. The highest BCUT2D eigenvalue weighted by Gasteiger charge is 2.25. The average molecular weight is 404 g/mol. The molecule has 152 valence electrons. The van der Waals surface area contributed by atoms with Crippen LogP contribution in [0.15, 0.2) is 48.7 Å². The number of carbonyl (C=O) groups is 1. The summed E-state index contributed by atoms with van der Waals surface area (Å²) in [5, 5.41) is 15.9. The summed E-state index contributed by atoms with van der Waals surface area (Å²) in [7, 11) is 0. The van der Waals surface area contributed by atoms with Gasteiger partial charge in [0.15, 0.2) is 11.3 Å². The molecule has 0 spiro atoms. The van der Waals surface area contributed by atoms with E-state index in [1.807, 2.05) is 28.8 Å². The number of hydrogen-bond acceptors (Lipinski definition) is 4. The van der Waals surface area contributed by atoms with Crippen molar-refractivity contribution >= 4 is 11.6 Å². The Morgan fingerprint density at radius 2 is 1.90 bits per heavy atom. The number of fused-ring (bicyclic) bond motifs is 2. The average Bonchev–Trinajstić information content (AvgIpc) is 3.36. The smallest absolute Gasteiger partial charge is 0.272 e. The van der Waals surface area contributed by atoms with E-state index in [1.54, 1.807) is 16.8 Å². The zero-order chi connectivity index (χ0) is 20.5. The van der Waals surface area contributed by atoms with Crippen LogP contribution in [-0.2, 0) is 19.3 Å². The van der Waals surface area contributed by atoms with Gasteiger partial charge in [0, 0.05) is 30.4 Å². The Morgan fingerprint density at radius 1 is 1.07 bits per heavy atom. The normalized spacial score (nSPS) is 13.4. The Hall–Kier alpha value is -3.55. The molecule has 1 aromatic carbocycles. The number of rotatable bonds is 5. The summed E-state index contributed by atoms with van der Waals surface area (Å²) >= 11 is 0. The van der Waals surface area contributed by atoms with Crippen LogP contribution in [0.4, 0.5) is 4.39 Å². The molecule has 1 N–H and O–H groups in total. The summed E-state index contributed by atoms with van der Waals surface area (Å²) in [5.74, 6) is 0.311. The molecule has 0 radical (unpaired) electrons. The number of halogens is 1. The van der Waals surface area contributed by atoms with Gasteiger partial charge in [0.2, 0.25) is 0 Å². The fourth-order valence-electron chi connectivity index (χ4n) is 4.01. The van der Waals surface area contributed by atoms with E-state index < -0.39 is 0 Å². The van der Waals surface area contributed by atoms with Crippen molar-refractivity contribution in [2.45, 2.75) is 32.1 Å². The van der Waals surface area contributed by atoms with Crippen LogP contribution in [0.25, 0.3) is 11.3 Å². The van der Waals surface area contributed by atoms with E-state index in [0.29, 0.717) is 18.7 Å². The SMILES string of the molecule is O=C(NCCc1nnc2ccccn12)c1nn(-c2ccc(F)cc2)c2c1CCCC2. The fourth-order valence-corrected chi connectivity index (χ4v) is 4.01. The second kappa shape index (κ2) is 7.70. The van der Waals surface area contributed by atoms with Gasteiger partial charge in [0.1, 0.15) is 11.6 Å². The summed E-state index contributed by atoms with van der Waals surface area (Å²) in [6, 6.07) is 11.9. The molecule has 3 heterocycles. The largest absolute Gasteiger partial charge is 0.350 e. The number of pyridine rings is 1. The van der Waals surface area contributed by atoms with E-state index in [1.165, 1.54) is 12.1 Å². The minimum Gasteiger partial charge on any atom is -0.350 e. The Labute approximate surface area is 172 Å². The van der Waals surface area contributed by atoms with Crippen molar-refractivity contribution in [2.24, 2.45) is 0 Å². The van der Waals surface area contributed by atoms with E-state index in [9.17, 15) is 9.18 Å². The van der Waals surface area contributed by atoms with Gasteiger partial charge in [-0.05, 0) is 62.1 Å². The fraction of sp³-hybridized carbons (Fsp3) is 0.273. The molecule has 1 aliphatic rings. The molecule has 30 heavy (non-hydrogen) atoms. The van der Waals surface area contributed by atoms with Crippen LogP contribution in [0, 0.1) is 5.82 Å². The lowest BCUT2D eigenvalue weighted by Gasteiger charge is -2.14. The van der Waals surface area contributed by atoms with Gasteiger partial charge in [-0.2, -0.15) is 5.10 Å². The molecule has 0 aliphatic heterocycles. The van der Waals surface area contributed by atoms with Crippen LogP contribution in [0.1, 0.15) is 40.4 Å². The topological polar surface area (TPSA) is 77.1 Å². The van der Waals surface area contributed by atoms with Crippen LogP contribution in [0.3, 0.4) is 0 Å². The molecule has 0 saturated heterocycles. The number of nitrogens with zero attached hydrogens (tertiary/aromatic N) is 5. The van der Waals surface area contributed by atoms with Gasteiger partial charge in [-0.25, -0.2) is 9.07 Å². The van der Waals surface area contributed by atoms with E-state index in [2.05, 4.69) is 20.6 Å². The molecular weight excluding hydrogens is 383 g/mol. The summed E-state index contributed by atoms with van der Waals surface area (Å²) in [6.45, 7) is 0.437. The van der Waals surface area contributed by atoms with Crippen LogP contribution >= 0.6 is 0 Å². The summed E-state index contributed by atoms with van der Waals surface area (Å²) in [4.78, 5) is 12.9. The highest BCUT2D eigenvalue weighted by molar-refractivity contribution is 5.94. The van der Waals surface area contributed by atoms with Crippen molar-refractivity contribution in [3.8, 4) is 5.69 Å². The highest BCUT2D eigenvalue weighted by atomic mass is 19.1. The molecule has 0 fully saturated rings. The molecule has 0 unspecified atom stereocenters. The van der Waals surface area contributed by atoms with Crippen molar-refractivity contribution in [3.63, 3.8) is 0 Å². The van der Waals surface area contributed by atoms with E-state index in [0.717, 1.165) is 54.1 Å². The van der Waals surface area contributed by atoms with Crippen LogP contribution in [0.2, 0.25) is 0 Å². The number of amides is 1. The first kappa shape index (κ1) is 18.5. The summed E-state index contributed by atoms with van der Waals surface area (Å²) in [6.07, 6.45) is 6.26. The van der Waals surface area contributed by atoms with Crippen LogP contribution in [-0.4, -0.2) is 36.8 Å². The van der Waals surface area contributed by atoms with Gasteiger partial charge in [0.25, 0.3) is 5.91 Å². The molecule has 0 saturated carbocycles. The van der Waals surface area contributed by atoms with Gasteiger partial charge < -0.3 is 5.32 Å². The maximum Gasteiger partial charge on any atom is 0.272 e. The quantitative estimate of drug-likeness (QED) is 0.555. The lowest BCUT2D eigenvalue weighted by atomic mass is 9.95. The molecule has 1 amide bonds. The van der Waals surface area contributed by atoms with E-state index in [-0.39, 0.29) is 11.7 Å².